The van der Waals surface area contributed by atoms with Gasteiger partial charge in [0, 0.05) is 36.0 Å². The number of ketones is 2. The summed E-state index contributed by atoms with van der Waals surface area (Å²) in [6.07, 6.45) is 3.18. The molecular formula is C28H24FN3O3S. The van der Waals surface area contributed by atoms with E-state index < -0.39 is 5.82 Å². The van der Waals surface area contributed by atoms with Crippen LogP contribution in [-0.4, -0.2) is 44.9 Å². The highest BCUT2D eigenvalue weighted by Crippen LogP contribution is 2.33. The Morgan fingerprint density at radius 2 is 1.94 bits per heavy atom. The predicted molar refractivity (Wildman–Crippen MR) is 137 cm³/mol. The van der Waals surface area contributed by atoms with E-state index in [-0.39, 0.29) is 42.2 Å². The van der Waals surface area contributed by atoms with Gasteiger partial charge in [0.05, 0.1) is 21.9 Å². The Balaban J connectivity index is 1.39. The van der Waals surface area contributed by atoms with E-state index in [1.54, 1.807) is 31.3 Å². The summed E-state index contributed by atoms with van der Waals surface area (Å²) in [4.78, 5) is 50.1. The molecule has 1 atom stereocenters. The lowest BCUT2D eigenvalue weighted by Crippen LogP contribution is -2.47. The van der Waals surface area contributed by atoms with Gasteiger partial charge in [0.2, 0.25) is 0 Å². The normalized spacial score (nSPS) is 15.9. The van der Waals surface area contributed by atoms with Gasteiger partial charge in [-0.05, 0) is 49.6 Å². The van der Waals surface area contributed by atoms with Crippen LogP contribution in [0.25, 0.3) is 21.3 Å². The highest BCUT2D eigenvalue weighted by Gasteiger charge is 2.34. The molecule has 3 heterocycles. The van der Waals surface area contributed by atoms with E-state index in [0.29, 0.717) is 45.8 Å². The van der Waals surface area contributed by atoms with Crippen LogP contribution in [0.4, 0.5) is 4.39 Å². The number of aromatic nitrogens is 2. The van der Waals surface area contributed by atoms with Gasteiger partial charge in [-0.2, -0.15) is 0 Å². The second-order valence-corrected chi connectivity index (χ2v) is 10.1. The number of pyridine rings is 1. The third kappa shape index (κ3) is 4.81. The highest BCUT2D eigenvalue weighted by atomic mass is 32.1. The van der Waals surface area contributed by atoms with Crippen molar-refractivity contribution in [2.45, 2.75) is 38.6 Å². The number of benzene rings is 2. The molecule has 182 valence electrons. The fourth-order valence-electron chi connectivity index (χ4n) is 4.71. The maximum absolute atomic E-state index is 13.9. The molecule has 1 amide bonds. The van der Waals surface area contributed by atoms with Crippen LogP contribution in [0, 0.1) is 12.7 Å². The minimum atomic E-state index is -0.399. The molecule has 2 aromatic carbocycles. The van der Waals surface area contributed by atoms with Gasteiger partial charge in [-0.15, -0.1) is 11.3 Å². The highest BCUT2D eigenvalue weighted by molar-refractivity contribution is 7.15. The number of hydrogen-bond acceptors (Lipinski definition) is 6. The van der Waals surface area contributed by atoms with Crippen molar-refractivity contribution in [2.75, 3.05) is 6.54 Å². The quantitative estimate of drug-likeness (QED) is 0.319. The van der Waals surface area contributed by atoms with Crippen LogP contribution in [-0.2, 0) is 4.79 Å². The van der Waals surface area contributed by atoms with E-state index in [1.807, 2.05) is 24.3 Å². The Labute approximate surface area is 211 Å². The zero-order valence-electron chi connectivity index (χ0n) is 19.7. The molecule has 1 saturated heterocycles. The number of carbonyl (C=O) groups is 3. The fraction of sp³-hybridized carbons (Fsp3) is 0.250. The number of rotatable bonds is 6. The van der Waals surface area contributed by atoms with Gasteiger partial charge in [-0.3, -0.25) is 19.4 Å². The van der Waals surface area contributed by atoms with Crippen LogP contribution in [0.1, 0.15) is 51.5 Å². The number of fused-ring (bicyclic) bond motifs is 1. The lowest BCUT2D eigenvalue weighted by molar-refractivity contribution is -0.122. The molecule has 0 N–H and O–H groups in total. The van der Waals surface area contributed by atoms with Crippen LogP contribution in [0.3, 0.4) is 0 Å². The standard InChI is InChI=1S/C28H24FN3O3S/c1-17-31-26(27(36-17)19-6-2-8-20(29)15-19)28(35)32-16-22(33)12-10-21(32)11-13-24(34)23-9-3-5-18-7-4-14-30-25(18)23/h2-9,14-15,21H,10-13,16H2,1H3. The predicted octanol–water partition coefficient (Wildman–Crippen LogP) is 5.64. The summed E-state index contributed by atoms with van der Waals surface area (Å²) in [5.41, 5.74) is 2.01. The average Bonchev–Trinajstić information content (AvgIpc) is 3.28. The van der Waals surface area contributed by atoms with Gasteiger partial charge in [-0.25, -0.2) is 9.37 Å². The fourth-order valence-corrected chi connectivity index (χ4v) is 5.62. The lowest BCUT2D eigenvalue weighted by Gasteiger charge is -2.34. The third-order valence-electron chi connectivity index (χ3n) is 6.47. The molecule has 0 aliphatic carbocycles. The van der Waals surface area contributed by atoms with Gasteiger partial charge in [0.1, 0.15) is 11.5 Å². The number of nitrogens with zero attached hydrogens (tertiary/aromatic N) is 3. The van der Waals surface area contributed by atoms with Crippen LogP contribution >= 0.6 is 11.3 Å². The molecule has 6 nitrogen and oxygen atoms in total. The molecule has 2 aromatic heterocycles. The van der Waals surface area contributed by atoms with Crippen molar-refractivity contribution in [3.63, 3.8) is 0 Å². The summed E-state index contributed by atoms with van der Waals surface area (Å²) in [5, 5.41) is 1.57. The number of Topliss-reactive ketones (excluding diaryl/α,β-unsaturated/α-hetero) is 2. The molecule has 0 bridgehead atoms. The van der Waals surface area contributed by atoms with E-state index in [1.165, 1.54) is 28.4 Å². The van der Waals surface area contributed by atoms with Crippen molar-refractivity contribution in [1.29, 1.82) is 0 Å². The molecule has 1 unspecified atom stereocenters. The van der Waals surface area contributed by atoms with Gasteiger partial charge in [-0.1, -0.05) is 30.3 Å². The number of aryl methyl sites for hydroxylation is 1. The van der Waals surface area contributed by atoms with Crippen LogP contribution in [0.5, 0.6) is 0 Å². The van der Waals surface area contributed by atoms with Gasteiger partial charge < -0.3 is 4.90 Å². The molecule has 4 aromatic rings. The van der Waals surface area contributed by atoms with Crippen molar-refractivity contribution >= 4 is 39.7 Å². The zero-order chi connectivity index (χ0) is 25.2. The largest absolute Gasteiger partial charge is 0.327 e. The molecule has 1 aliphatic rings. The van der Waals surface area contributed by atoms with Crippen molar-refractivity contribution in [3.8, 4) is 10.4 Å². The molecule has 5 rings (SSSR count). The van der Waals surface area contributed by atoms with Crippen LogP contribution in [0.2, 0.25) is 0 Å². The monoisotopic (exact) mass is 501 g/mol. The topological polar surface area (TPSA) is 80.2 Å². The number of hydrogen-bond donors (Lipinski definition) is 0. The minimum Gasteiger partial charge on any atom is -0.327 e. The van der Waals surface area contributed by atoms with Gasteiger partial charge in [0.15, 0.2) is 11.6 Å². The first kappa shape index (κ1) is 23.9. The van der Waals surface area contributed by atoms with Crippen LogP contribution < -0.4 is 0 Å². The second kappa shape index (κ2) is 10.1. The second-order valence-electron chi connectivity index (χ2n) is 8.93. The van der Waals surface area contributed by atoms with E-state index in [4.69, 9.17) is 0 Å². The van der Waals surface area contributed by atoms with E-state index in [2.05, 4.69) is 9.97 Å². The average molecular weight is 502 g/mol. The molecule has 0 spiro atoms. The van der Waals surface area contributed by atoms with Gasteiger partial charge in [0.25, 0.3) is 5.91 Å². The Kier molecular flexibility index (Phi) is 6.69. The summed E-state index contributed by atoms with van der Waals surface area (Å²) in [7, 11) is 0. The summed E-state index contributed by atoms with van der Waals surface area (Å²) in [6, 6.07) is 15.1. The molecule has 8 heteroatoms. The number of para-hydroxylation sites is 1. The van der Waals surface area contributed by atoms with E-state index in [0.717, 1.165) is 5.39 Å². The van der Waals surface area contributed by atoms with E-state index >= 15 is 0 Å². The van der Waals surface area contributed by atoms with Crippen molar-refractivity contribution < 1.29 is 18.8 Å². The van der Waals surface area contributed by atoms with Crippen molar-refractivity contribution in [1.82, 2.24) is 14.9 Å². The molecule has 36 heavy (non-hydrogen) atoms. The number of thiazole rings is 1. The first-order valence-electron chi connectivity index (χ1n) is 11.8. The number of halogens is 1. The molecular weight excluding hydrogens is 477 g/mol. The summed E-state index contributed by atoms with van der Waals surface area (Å²) in [6.45, 7) is 1.77. The first-order chi connectivity index (χ1) is 17.4. The summed E-state index contributed by atoms with van der Waals surface area (Å²) in [5.74, 6) is -0.836. The molecule has 0 saturated carbocycles. The summed E-state index contributed by atoms with van der Waals surface area (Å²) >= 11 is 1.32. The Morgan fingerprint density at radius 1 is 1.14 bits per heavy atom. The maximum Gasteiger partial charge on any atom is 0.274 e. The van der Waals surface area contributed by atoms with Crippen molar-refractivity contribution in [2.24, 2.45) is 0 Å². The minimum absolute atomic E-state index is 0.0212. The molecule has 1 aliphatic heterocycles. The maximum atomic E-state index is 13.9. The van der Waals surface area contributed by atoms with E-state index in [9.17, 15) is 18.8 Å². The number of piperidine rings is 1. The van der Waals surface area contributed by atoms with Gasteiger partial charge >= 0.3 is 0 Å². The summed E-state index contributed by atoms with van der Waals surface area (Å²) < 4.78 is 13.9. The van der Waals surface area contributed by atoms with Crippen molar-refractivity contribution in [3.05, 3.63) is 82.9 Å². The Hall–Kier alpha value is -3.78. The Morgan fingerprint density at radius 3 is 2.78 bits per heavy atom. The number of amides is 1. The zero-order valence-corrected chi connectivity index (χ0v) is 20.6. The first-order valence-corrected chi connectivity index (χ1v) is 12.7. The third-order valence-corrected chi connectivity index (χ3v) is 7.49. The Bertz CT molecular complexity index is 1480. The number of likely N-dealkylation sites (tertiary alicyclic amines) is 1. The SMILES string of the molecule is Cc1nc(C(=O)N2CC(=O)CCC2CCC(=O)c2cccc3cccnc23)c(-c2cccc(F)c2)s1. The molecule has 1 fully saturated rings. The molecule has 0 radical (unpaired) electrons. The van der Waals surface area contributed by atoms with Crippen LogP contribution in [0.15, 0.2) is 60.8 Å². The smallest absolute Gasteiger partial charge is 0.274 e. The number of carbonyl (C=O) groups excluding carboxylic acids is 3. The lowest BCUT2D eigenvalue weighted by atomic mass is 9.94.